The fraction of sp³-hybridized carbons (Fsp3) is 0.579. The maximum atomic E-state index is 12.7. The monoisotopic (exact) mass is 425 g/mol. The van der Waals surface area contributed by atoms with E-state index in [1.54, 1.807) is 0 Å². The van der Waals surface area contributed by atoms with Crippen molar-refractivity contribution in [3.05, 3.63) is 39.9 Å². The molecule has 1 aliphatic rings. The molecule has 0 unspecified atom stereocenters. The second kappa shape index (κ2) is 10.4. The van der Waals surface area contributed by atoms with E-state index < -0.39 is 17.1 Å². The van der Waals surface area contributed by atoms with Gasteiger partial charge in [-0.25, -0.2) is 4.79 Å². The molecule has 1 fully saturated rings. The van der Waals surface area contributed by atoms with Crippen LogP contribution < -0.4 is 5.32 Å². The van der Waals surface area contributed by atoms with Crippen LogP contribution in [0.4, 0.5) is 10.5 Å². The van der Waals surface area contributed by atoms with Gasteiger partial charge in [0.05, 0.1) is 17.6 Å². The van der Waals surface area contributed by atoms with E-state index in [2.05, 4.69) is 17.9 Å². The van der Waals surface area contributed by atoms with E-state index in [0.717, 1.165) is 0 Å². The van der Waals surface area contributed by atoms with Gasteiger partial charge in [-0.2, -0.15) is 12.6 Å². The molecule has 1 aromatic rings. The van der Waals surface area contributed by atoms with Crippen LogP contribution in [0.5, 0.6) is 0 Å². The van der Waals surface area contributed by atoms with Crippen molar-refractivity contribution < 1.29 is 24.4 Å². The Morgan fingerprint density at radius 3 is 2.59 bits per heavy atom. The Hall–Kier alpha value is -2.33. The number of nitro groups is 1. The number of benzene rings is 1. The Morgan fingerprint density at radius 2 is 2.03 bits per heavy atom. The van der Waals surface area contributed by atoms with Gasteiger partial charge in [0.1, 0.15) is 12.6 Å². The summed E-state index contributed by atoms with van der Waals surface area (Å²) in [7, 11) is 0. The summed E-state index contributed by atoms with van der Waals surface area (Å²) >= 11 is 4.40. The molecule has 0 aromatic heterocycles. The average molecular weight is 426 g/mol. The highest BCUT2D eigenvalue weighted by Gasteiger charge is 2.39. The Balaban J connectivity index is 1.96. The molecule has 0 spiro atoms. The van der Waals surface area contributed by atoms with Gasteiger partial charge in [0.25, 0.3) is 5.69 Å². The summed E-state index contributed by atoms with van der Waals surface area (Å²) in [5.41, 5.74) is 0.554. The number of thiol groups is 1. The van der Waals surface area contributed by atoms with Crippen LogP contribution in [0.3, 0.4) is 0 Å². The normalized spacial score (nSPS) is 19.8. The lowest BCUT2D eigenvalue weighted by Gasteiger charge is -2.26. The molecule has 0 aliphatic carbocycles. The molecule has 0 saturated carbocycles. The van der Waals surface area contributed by atoms with Crippen LogP contribution >= 0.6 is 12.6 Å². The van der Waals surface area contributed by atoms with E-state index in [1.165, 1.54) is 29.2 Å². The van der Waals surface area contributed by atoms with Gasteiger partial charge >= 0.3 is 6.09 Å². The van der Waals surface area contributed by atoms with Crippen molar-refractivity contribution >= 4 is 30.3 Å². The zero-order chi connectivity index (χ0) is 21.6. The molecule has 1 saturated heterocycles. The number of hydrogen-bond donors (Lipinski definition) is 3. The molecule has 2 amide bonds. The van der Waals surface area contributed by atoms with Crippen molar-refractivity contribution in [1.29, 1.82) is 0 Å². The number of aliphatic hydroxyl groups is 1. The first-order valence-electron chi connectivity index (χ1n) is 9.47. The smallest absolute Gasteiger partial charge is 0.410 e. The molecule has 29 heavy (non-hydrogen) atoms. The lowest BCUT2D eigenvalue weighted by atomic mass is 10.0. The minimum Gasteiger partial charge on any atom is -0.445 e. The number of hydrogen-bond acceptors (Lipinski definition) is 7. The maximum absolute atomic E-state index is 12.7. The fourth-order valence-corrected chi connectivity index (χ4v) is 3.63. The SMILES string of the molecule is CC(C)C[C@@H](CO)NC(=O)[C@@H]1C[C@H](S)CN1C(=O)OCc1ccc([N+](=O)[O-])cc1. The van der Waals surface area contributed by atoms with E-state index in [1.807, 2.05) is 13.8 Å². The van der Waals surface area contributed by atoms with Gasteiger partial charge in [-0.15, -0.1) is 0 Å². The molecule has 3 atom stereocenters. The van der Waals surface area contributed by atoms with E-state index in [0.29, 0.717) is 24.3 Å². The molecule has 1 aliphatic heterocycles. The largest absolute Gasteiger partial charge is 0.445 e. The Bertz CT molecular complexity index is 727. The van der Waals surface area contributed by atoms with Crippen molar-refractivity contribution in [2.45, 2.75) is 50.6 Å². The molecule has 0 radical (unpaired) electrons. The zero-order valence-corrected chi connectivity index (χ0v) is 17.4. The number of carbonyl (C=O) groups excluding carboxylic acids is 2. The van der Waals surface area contributed by atoms with Crippen LogP contribution in [-0.2, 0) is 16.1 Å². The first-order chi connectivity index (χ1) is 13.7. The quantitative estimate of drug-likeness (QED) is 0.333. The molecular formula is C19H27N3O6S. The van der Waals surface area contributed by atoms with Gasteiger partial charge in [0, 0.05) is 23.9 Å². The third kappa shape index (κ3) is 6.60. The van der Waals surface area contributed by atoms with Gasteiger partial charge in [-0.1, -0.05) is 13.8 Å². The summed E-state index contributed by atoms with van der Waals surface area (Å²) < 4.78 is 5.29. The third-order valence-corrected chi connectivity index (χ3v) is 5.02. The van der Waals surface area contributed by atoms with Crippen LogP contribution in [0.2, 0.25) is 0 Å². The molecule has 0 bridgehead atoms. The van der Waals surface area contributed by atoms with Gasteiger partial charge in [-0.05, 0) is 36.5 Å². The Labute approximate surface area is 175 Å². The number of carbonyl (C=O) groups is 2. The molecule has 1 heterocycles. The van der Waals surface area contributed by atoms with Gasteiger partial charge in [-0.3, -0.25) is 19.8 Å². The topological polar surface area (TPSA) is 122 Å². The summed E-state index contributed by atoms with van der Waals surface area (Å²) in [6.45, 7) is 4.03. The lowest BCUT2D eigenvalue weighted by molar-refractivity contribution is -0.384. The summed E-state index contributed by atoms with van der Waals surface area (Å²) in [4.78, 5) is 36.7. The number of ether oxygens (including phenoxy) is 1. The van der Waals surface area contributed by atoms with Crippen molar-refractivity contribution in [3.63, 3.8) is 0 Å². The summed E-state index contributed by atoms with van der Waals surface area (Å²) in [5.74, 6) is -0.0371. The Morgan fingerprint density at radius 1 is 1.38 bits per heavy atom. The van der Waals surface area contributed by atoms with Crippen molar-refractivity contribution in [2.24, 2.45) is 5.92 Å². The zero-order valence-electron chi connectivity index (χ0n) is 16.5. The van der Waals surface area contributed by atoms with E-state index in [9.17, 15) is 24.8 Å². The number of likely N-dealkylation sites (tertiary alicyclic amines) is 1. The predicted octanol–water partition coefficient (Wildman–Crippen LogP) is 2.13. The van der Waals surface area contributed by atoms with Crippen LogP contribution in [0.15, 0.2) is 24.3 Å². The highest BCUT2D eigenvalue weighted by atomic mass is 32.1. The standard InChI is InChI=1S/C19H27N3O6S/c1-12(2)7-14(10-23)20-18(24)17-8-16(29)9-21(17)19(25)28-11-13-3-5-15(6-4-13)22(26)27/h3-6,12,14,16-17,23,29H,7-11H2,1-2H3,(H,20,24)/t14-,16-,17-/m0/s1. The molecule has 2 N–H and O–H groups in total. The van der Waals surface area contributed by atoms with Crippen LogP contribution in [0.1, 0.15) is 32.3 Å². The highest BCUT2D eigenvalue weighted by Crippen LogP contribution is 2.24. The first kappa shape index (κ1) is 23.0. The summed E-state index contributed by atoms with van der Waals surface area (Å²) in [6.07, 6.45) is 0.370. The van der Waals surface area contributed by atoms with Gasteiger partial charge < -0.3 is 15.2 Å². The number of nitro benzene ring substituents is 1. The van der Waals surface area contributed by atoms with Crippen LogP contribution in [0.25, 0.3) is 0 Å². The number of nitrogens with one attached hydrogen (secondary N) is 1. The van der Waals surface area contributed by atoms with Gasteiger partial charge in [0.15, 0.2) is 0 Å². The molecular weight excluding hydrogens is 398 g/mol. The fourth-order valence-electron chi connectivity index (χ4n) is 3.25. The minimum atomic E-state index is -0.719. The maximum Gasteiger partial charge on any atom is 0.410 e. The molecule has 10 heteroatoms. The molecule has 9 nitrogen and oxygen atoms in total. The van der Waals surface area contributed by atoms with E-state index >= 15 is 0 Å². The van der Waals surface area contributed by atoms with Crippen molar-refractivity contribution in [3.8, 4) is 0 Å². The van der Waals surface area contributed by atoms with Gasteiger partial charge in [0.2, 0.25) is 5.91 Å². The van der Waals surface area contributed by atoms with Crippen molar-refractivity contribution in [2.75, 3.05) is 13.2 Å². The molecule has 2 rings (SSSR count). The summed E-state index contributed by atoms with van der Waals surface area (Å²) in [6, 6.07) is 4.60. The number of rotatable bonds is 8. The number of non-ortho nitro benzene ring substituents is 1. The van der Waals surface area contributed by atoms with Crippen LogP contribution in [0, 0.1) is 16.0 Å². The number of amides is 2. The Kier molecular flexibility index (Phi) is 8.27. The number of nitrogens with zero attached hydrogens (tertiary/aromatic N) is 2. The third-order valence-electron chi connectivity index (χ3n) is 4.65. The molecule has 160 valence electrons. The first-order valence-corrected chi connectivity index (χ1v) is 9.99. The molecule has 1 aromatic carbocycles. The van der Waals surface area contributed by atoms with E-state index in [-0.39, 0.29) is 42.6 Å². The number of aliphatic hydroxyl groups excluding tert-OH is 1. The highest BCUT2D eigenvalue weighted by molar-refractivity contribution is 7.81. The average Bonchev–Trinajstić information content (AvgIpc) is 3.07. The van der Waals surface area contributed by atoms with E-state index in [4.69, 9.17) is 4.74 Å². The predicted molar refractivity (Wildman–Crippen MR) is 110 cm³/mol. The lowest BCUT2D eigenvalue weighted by Crippen LogP contribution is -2.50. The van der Waals surface area contributed by atoms with Crippen molar-refractivity contribution in [1.82, 2.24) is 10.2 Å². The minimum absolute atomic E-state index is 0.0471. The second-order valence-electron chi connectivity index (χ2n) is 7.55. The summed E-state index contributed by atoms with van der Waals surface area (Å²) in [5, 5.41) is 22.8. The van der Waals surface area contributed by atoms with Crippen LogP contribution in [-0.4, -0.2) is 57.4 Å². The second-order valence-corrected chi connectivity index (χ2v) is 8.28.